The smallest absolute Gasteiger partial charge is 0.412 e. The first-order valence-electron chi connectivity index (χ1n) is 14.2. The molecule has 8 nitrogen and oxygen atoms in total. The van der Waals surface area contributed by atoms with Crippen LogP contribution in [0.4, 0.5) is 10.5 Å². The lowest BCUT2D eigenvalue weighted by Crippen LogP contribution is -2.47. The van der Waals surface area contributed by atoms with Crippen molar-refractivity contribution >= 4 is 22.8 Å². The lowest BCUT2D eigenvalue weighted by molar-refractivity contribution is 0.197. The topological polar surface area (TPSA) is 82.7 Å². The van der Waals surface area contributed by atoms with Gasteiger partial charge < -0.3 is 24.7 Å². The predicted molar refractivity (Wildman–Crippen MR) is 160 cm³/mol. The third-order valence-electron chi connectivity index (χ3n) is 7.21. The van der Waals surface area contributed by atoms with Gasteiger partial charge in [-0.3, -0.25) is 4.90 Å². The Hall–Kier alpha value is -4.04. The normalized spacial score (nSPS) is 14.1. The maximum Gasteiger partial charge on any atom is 0.412 e. The molecule has 4 aromatic rings. The Kier molecular flexibility index (Phi) is 8.86. The van der Waals surface area contributed by atoms with Crippen molar-refractivity contribution in [3.63, 3.8) is 0 Å². The van der Waals surface area contributed by atoms with Gasteiger partial charge in [-0.25, -0.2) is 9.78 Å². The van der Waals surface area contributed by atoms with Crippen molar-refractivity contribution in [3.05, 3.63) is 72.3 Å². The van der Waals surface area contributed by atoms with Gasteiger partial charge >= 0.3 is 6.09 Å². The van der Waals surface area contributed by atoms with Crippen molar-refractivity contribution in [3.8, 4) is 22.9 Å². The largest absolute Gasteiger partial charge is 0.492 e. The minimum absolute atomic E-state index is 0.374. The Morgan fingerprint density at radius 3 is 2.40 bits per heavy atom. The number of aromatic nitrogens is 2. The van der Waals surface area contributed by atoms with Gasteiger partial charge in [-0.1, -0.05) is 51.1 Å². The van der Waals surface area contributed by atoms with Gasteiger partial charge in [-0.05, 0) is 54.3 Å². The van der Waals surface area contributed by atoms with Gasteiger partial charge in [-0.2, -0.15) is 0 Å². The molecule has 8 heteroatoms. The van der Waals surface area contributed by atoms with Crippen LogP contribution >= 0.6 is 0 Å². The van der Waals surface area contributed by atoms with Crippen LogP contribution in [0, 0.1) is 5.92 Å². The molecule has 5 rings (SSSR count). The summed E-state index contributed by atoms with van der Waals surface area (Å²) in [5.74, 6) is 2.55. The highest BCUT2D eigenvalue weighted by molar-refractivity contribution is 5.91. The second-order valence-electron chi connectivity index (χ2n) is 10.6. The first-order valence-corrected chi connectivity index (χ1v) is 14.2. The molecular formula is C32H39N5O3. The third-order valence-corrected chi connectivity index (χ3v) is 7.21. The van der Waals surface area contributed by atoms with Crippen LogP contribution < -0.4 is 19.7 Å². The monoisotopic (exact) mass is 541 g/mol. The van der Waals surface area contributed by atoms with Gasteiger partial charge in [0.25, 0.3) is 0 Å². The number of hydrogen-bond donors (Lipinski definition) is 2. The van der Waals surface area contributed by atoms with Gasteiger partial charge in [0.2, 0.25) is 0 Å². The van der Waals surface area contributed by atoms with E-state index in [4.69, 9.17) is 14.5 Å². The first kappa shape index (κ1) is 27.5. The summed E-state index contributed by atoms with van der Waals surface area (Å²) in [6.45, 7) is 12.1. The molecule has 1 saturated heterocycles. The van der Waals surface area contributed by atoms with Gasteiger partial charge in [0.1, 0.15) is 29.4 Å². The minimum Gasteiger partial charge on any atom is -0.492 e. The molecule has 1 fully saturated rings. The molecule has 1 aliphatic heterocycles. The van der Waals surface area contributed by atoms with E-state index in [9.17, 15) is 4.79 Å². The molecule has 0 unspecified atom stereocenters. The first-order chi connectivity index (χ1) is 19.5. The molecule has 1 aromatic heterocycles. The van der Waals surface area contributed by atoms with E-state index in [-0.39, 0.29) is 0 Å². The average molecular weight is 542 g/mol. The van der Waals surface area contributed by atoms with E-state index >= 15 is 0 Å². The summed E-state index contributed by atoms with van der Waals surface area (Å²) >= 11 is 0. The molecule has 3 aromatic carbocycles. The van der Waals surface area contributed by atoms with Crippen LogP contribution in [0.3, 0.4) is 0 Å². The number of imidazole rings is 1. The summed E-state index contributed by atoms with van der Waals surface area (Å²) in [6, 6.07) is 22.2. The van der Waals surface area contributed by atoms with Crippen LogP contribution in [0.15, 0.2) is 66.7 Å². The zero-order chi connectivity index (χ0) is 27.9. The number of carbonyl (C=O) groups excluding carboxylic acids is 1. The van der Waals surface area contributed by atoms with E-state index in [1.165, 1.54) is 11.3 Å². The van der Waals surface area contributed by atoms with Gasteiger partial charge in [-0.15, -0.1) is 0 Å². The number of H-pyrrole nitrogens is 1. The van der Waals surface area contributed by atoms with Crippen molar-refractivity contribution in [2.45, 2.75) is 27.2 Å². The summed E-state index contributed by atoms with van der Waals surface area (Å²) in [4.78, 5) is 25.2. The standard InChI is InChI=1S/C32H39N5O3/c1-4-24-8-10-25(11-9-24)31-34-28-6-5-7-29(30(28)35-31)37-18-16-36(17-19-37)20-21-39-26-12-14-27(15-13-26)40-32(38)33-22-23(2)3/h5-15,23H,4,16-22H2,1-3H3,(H,33,38)(H,34,35). The van der Waals surface area contributed by atoms with Crippen LogP contribution in [0.2, 0.25) is 0 Å². The van der Waals surface area contributed by atoms with Gasteiger partial charge in [0, 0.05) is 44.8 Å². The molecule has 210 valence electrons. The van der Waals surface area contributed by atoms with Crippen LogP contribution in [0.25, 0.3) is 22.4 Å². The number of fused-ring (bicyclic) bond motifs is 1. The third kappa shape index (κ3) is 6.93. The van der Waals surface area contributed by atoms with E-state index in [1.807, 2.05) is 26.0 Å². The van der Waals surface area contributed by atoms with Crippen molar-refractivity contribution in [1.82, 2.24) is 20.2 Å². The Balaban J connectivity index is 1.10. The van der Waals surface area contributed by atoms with Crippen molar-refractivity contribution < 1.29 is 14.3 Å². The molecule has 2 heterocycles. The second kappa shape index (κ2) is 12.9. The van der Waals surface area contributed by atoms with E-state index < -0.39 is 6.09 Å². The fourth-order valence-electron chi connectivity index (χ4n) is 4.85. The highest BCUT2D eigenvalue weighted by atomic mass is 16.6. The number of para-hydroxylation sites is 1. The molecule has 1 amide bonds. The number of amides is 1. The summed E-state index contributed by atoms with van der Waals surface area (Å²) in [7, 11) is 0. The second-order valence-corrected chi connectivity index (χ2v) is 10.6. The Morgan fingerprint density at radius 2 is 1.70 bits per heavy atom. The summed E-state index contributed by atoms with van der Waals surface area (Å²) in [6.07, 6.45) is 0.595. The molecule has 0 atom stereocenters. The Bertz CT molecular complexity index is 1390. The zero-order valence-electron chi connectivity index (χ0n) is 23.7. The molecule has 0 saturated carbocycles. The highest BCUT2D eigenvalue weighted by Gasteiger charge is 2.20. The number of ether oxygens (including phenoxy) is 2. The van der Waals surface area contributed by atoms with Crippen LogP contribution in [0.5, 0.6) is 11.5 Å². The van der Waals surface area contributed by atoms with Crippen molar-refractivity contribution in [2.75, 3.05) is 50.8 Å². The quantitative estimate of drug-likeness (QED) is 0.267. The zero-order valence-corrected chi connectivity index (χ0v) is 23.7. The number of hydrogen-bond acceptors (Lipinski definition) is 6. The maximum atomic E-state index is 11.8. The fourth-order valence-corrected chi connectivity index (χ4v) is 4.85. The summed E-state index contributed by atoms with van der Waals surface area (Å²) < 4.78 is 11.3. The molecule has 0 radical (unpaired) electrons. The predicted octanol–water partition coefficient (Wildman–Crippen LogP) is 5.74. The molecule has 0 spiro atoms. The molecule has 1 aliphatic rings. The average Bonchev–Trinajstić information content (AvgIpc) is 3.42. The summed E-state index contributed by atoms with van der Waals surface area (Å²) in [5, 5.41) is 2.74. The molecule has 40 heavy (non-hydrogen) atoms. The number of aryl methyl sites for hydroxylation is 1. The number of benzene rings is 3. The van der Waals surface area contributed by atoms with Gasteiger partial charge in [0.05, 0.1) is 11.2 Å². The lowest BCUT2D eigenvalue weighted by Gasteiger charge is -2.36. The number of aromatic amines is 1. The minimum atomic E-state index is -0.438. The van der Waals surface area contributed by atoms with E-state index in [2.05, 4.69) is 69.5 Å². The number of anilines is 1. The number of nitrogens with one attached hydrogen (secondary N) is 2. The maximum absolute atomic E-state index is 11.8. The van der Waals surface area contributed by atoms with Crippen LogP contribution in [-0.2, 0) is 6.42 Å². The van der Waals surface area contributed by atoms with Crippen molar-refractivity contribution in [1.29, 1.82) is 0 Å². The van der Waals surface area contributed by atoms with E-state index in [1.54, 1.807) is 12.1 Å². The van der Waals surface area contributed by atoms with Crippen molar-refractivity contribution in [2.24, 2.45) is 5.92 Å². The number of nitrogens with zero attached hydrogens (tertiary/aromatic N) is 3. The Morgan fingerprint density at radius 1 is 0.975 bits per heavy atom. The molecule has 0 aliphatic carbocycles. The molecule has 0 bridgehead atoms. The van der Waals surface area contributed by atoms with Crippen LogP contribution in [0.1, 0.15) is 26.3 Å². The van der Waals surface area contributed by atoms with E-state index in [0.29, 0.717) is 24.8 Å². The lowest BCUT2D eigenvalue weighted by atomic mass is 10.1. The van der Waals surface area contributed by atoms with Crippen LogP contribution in [-0.4, -0.2) is 66.8 Å². The Labute approximate surface area is 236 Å². The SMILES string of the molecule is CCc1ccc(-c2nc3c(N4CCN(CCOc5ccc(OC(=O)NCC(C)C)cc5)CC4)cccc3[nH]2)cc1. The van der Waals surface area contributed by atoms with E-state index in [0.717, 1.165) is 67.3 Å². The molecule has 2 N–H and O–H groups in total. The number of carbonyl (C=O) groups is 1. The fraction of sp³-hybridized carbons (Fsp3) is 0.375. The number of piperazine rings is 1. The highest BCUT2D eigenvalue weighted by Crippen LogP contribution is 2.29. The number of rotatable bonds is 10. The molecular weight excluding hydrogens is 502 g/mol. The van der Waals surface area contributed by atoms with Gasteiger partial charge in [0.15, 0.2) is 0 Å². The summed E-state index contributed by atoms with van der Waals surface area (Å²) in [5.41, 5.74) is 5.71.